The Hall–Kier alpha value is -4.97. The molecule has 3 heterocycles. The van der Waals surface area contributed by atoms with Crippen LogP contribution in [0.2, 0.25) is 0 Å². The van der Waals surface area contributed by atoms with Gasteiger partial charge in [-0.25, -0.2) is 14.0 Å². The van der Waals surface area contributed by atoms with Gasteiger partial charge >= 0.3 is 0 Å². The van der Waals surface area contributed by atoms with Crippen molar-refractivity contribution in [1.82, 2.24) is 18.5 Å². The SMILES string of the molecule is O=c1c2c(c3ccccc3n2-c2ccccc2)n2c(=O)c3ccccc3nc2n1-c1ccccc1. The lowest BCUT2D eigenvalue weighted by molar-refractivity contribution is 0.934. The van der Waals surface area contributed by atoms with E-state index in [1.54, 1.807) is 16.5 Å². The highest BCUT2D eigenvalue weighted by molar-refractivity contribution is 6.08. The van der Waals surface area contributed by atoms with Gasteiger partial charge < -0.3 is 4.57 Å². The van der Waals surface area contributed by atoms with E-state index in [0.717, 1.165) is 16.6 Å². The van der Waals surface area contributed by atoms with Gasteiger partial charge in [-0.15, -0.1) is 0 Å². The second kappa shape index (κ2) is 7.27. The van der Waals surface area contributed by atoms with Gasteiger partial charge in [-0.1, -0.05) is 66.7 Å². The van der Waals surface area contributed by atoms with Gasteiger partial charge in [-0.2, -0.15) is 0 Å². The number of benzene rings is 4. The minimum Gasteiger partial charge on any atom is -0.303 e. The quantitative estimate of drug-likeness (QED) is 0.342. The molecule has 0 aliphatic carbocycles. The van der Waals surface area contributed by atoms with Gasteiger partial charge in [0.15, 0.2) is 0 Å². The average Bonchev–Trinajstić information content (AvgIpc) is 3.25. The van der Waals surface area contributed by atoms with Gasteiger partial charge in [-0.3, -0.25) is 9.59 Å². The first kappa shape index (κ1) is 19.5. The summed E-state index contributed by atoms with van der Waals surface area (Å²) in [6.07, 6.45) is 0. The van der Waals surface area contributed by atoms with Gasteiger partial charge in [-0.05, 0) is 42.5 Å². The lowest BCUT2D eigenvalue weighted by Gasteiger charge is -2.14. The number of hydrogen-bond donors (Lipinski definition) is 0. The molecule has 7 aromatic rings. The minimum atomic E-state index is -0.242. The zero-order chi connectivity index (χ0) is 23.5. The maximum atomic E-state index is 14.3. The van der Waals surface area contributed by atoms with Crippen LogP contribution < -0.4 is 11.1 Å². The third kappa shape index (κ3) is 2.68. The number of para-hydroxylation sites is 4. The van der Waals surface area contributed by atoms with Gasteiger partial charge in [0.2, 0.25) is 5.78 Å². The van der Waals surface area contributed by atoms with E-state index in [4.69, 9.17) is 4.98 Å². The van der Waals surface area contributed by atoms with Crippen molar-refractivity contribution in [3.63, 3.8) is 0 Å². The van der Waals surface area contributed by atoms with Crippen LogP contribution in [0.15, 0.2) is 119 Å². The van der Waals surface area contributed by atoms with E-state index in [1.807, 2.05) is 102 Å². The van der Waals surface area contributed by atoms with Crippen LogP contribution in [0, 0.1) is 0 Å². The third-order valence-corrected chi connectivity index (χ3v) is 6.46. The zero-order valence-corrected chi connectivity index (χ0v) is 18.5. The second-order valence-corrected chi connectivity index (χ2v) is 8.43. The third-order valence-electron chi connectivity index (χ3n) is 6.46. The van der Waals surface area contributed by atoms with Crippen molar-refractivity contribution in [2.75, 3.05) is 0 Å². The topological polar surface area (TPSA) is 61.3 Å². The fourth-order valence-corrected chi connectivity index (χ4v) is 4.97. The number of aromatic nitrogens is 4. The van der Waals surface area contributed by atoms with Gasteiger partial charge in [0, 0.05) is 11.1 Å². The maximum Gasteiger partial charge on any atom is 0.284 e. The van der Waals surface area contributed by atoms with Gasteiger partial charge in [0.1, 0.15) is 5.52 Å². The molecule has 0 radical (unpaired) electrons. The first-order chi connectivity index (χ1) is 17.2. The van der Waals surface area contributed by atoms with Crippen LogP contribution in [0.1, 0.15) is 0 Å². The number of nitrogens with zero attached hydrogens (tertiary/aromatic N) is 4. The van der Waals surface area contributed by atoms with Crippen molar-refractivity contribution >= 4 is 38.6 Å². The Kier molecular flexibility index (Phi) is 4.05. The molecule has 3 aromatic heterocycles. The lowest BCUT2D eigenvalue weighted by Crippen LogP contribution is -2.28. The van der Waals surface area contributed by atoms with E-state index >= 15 is 0 Å². The van der Waals surface area contributed by atoms with Crippen molar-refractivity contribution in [3.05, 3.63) is 130 Å². The highest BCUT2D eigenvalue weighted by atomic mass is 16.1. The summed E-state index contributed by atoms with van der Waals surface area (Å²) in [6.45, 7) is 0. The lowest BCUT2D eigenvalue weighted by atomic mass is 10.2. The summed E-state index contributed by atoms with van der Waals surface area (Å²) in [6, 6.07) is 34.1. The molecule has 0 aliphatic heterocycles. The Morgan fingerprint density at radius 1 is 0.514 bits per heavy atom. The Morgan fingerprint density at radius 3 is 1.80 bits per heavy atom. The van der Waals surface area contributed by atoms with Crippen LogP contribution in [0.4, 0.5) is 0 Å². The predicted octanol–water partition coefficient (Wildman–Crippen LogP) is 5.10. The van der Waals surface area contributed by atoms with Crippen molar-refractivity contribution in [2.45, 2.75) is 0 Å². The molecule has 0 bridgehead atoms. The van der Waals surface area contributed by atoms with Crippen LogP contribution in [0.3, 0.4) is 0 Å². The van der Waals surface area contributed by atoms with E-state index in [2.05, 4.69) is 0 Å². The van der Waals surface area contributed by atoms with Gasteiger partial charge in [0.25, 0.3) is 11.1 Å². The van der Waals surface area contributed by atoms with E-state index in [-0.39, 0.29) is 16.9 Å². The normalized spacial score (nSPS) is 11.7. The Labute approximate surface area is 198 Å². The first-order valence-electron chi connectivity index (χ1n) is 11.3. The number of rotatable bonds is 2. The molecule has 0 saturated carbocycles. The van der Waals surface area contributed by atoms with Crippen LogP contribution in [0.25, 0.3) is 50.0 Å². The molecule has 35 heavy (non-hydrogen) atoms. The summed E-state index contributed by atoms with van der Waals surface area (Å²) in [5.41, 5.74) is 3.41. The molecule has 0 unspecified atom stereocenters. The summed E-state index contributed by atoms with van der Waals surface area (Å²) < 4.78 is 5.07. The molecule has 0 atom stereocenters. The summed E-state index contributed by atoms with van der Waals surface area (Å²) in [5, 5.41) is 1.31. The molecular formula is C29H18N4O2. The van der Waals surface area contributed by atoms with Crippen molar-refractivity contribution in [1.29, 1.82) is 0 Å². The first-order valence-corrected chi connectivity index (χ1v) is 11.3. The smallest absolute Gasteiger partial charge is 0.284 e. The van der Waals surface area contributed by atoms with Crippen LogP contribution in [-0.4, -0.2) is 18.5 Å². The molecule has 0 fully saturated rings. The number of hydrogen-bond acceptors (Lipinski definition) is 3. The molecule has 0 amide bonds. The van der Waals surface area contributed by atoms with Crippen LogP contribution >= 0.6 is 0 Å². The molecule has 0 N–H and O–H groups in total. The fraction of sp³-hybridized carbons (Fsp3) is 0. The molecular weight excluding hydrogens is 436 g/mol. The van der Waals surface area contributed by atoms with Crippen molar-refractivity contribution < 1.29 is 0 Å². The molecule has 0 saturated heterocycles. The molecule has 6 heteroatoms. The summed E-state index contributed by atoms with van der Waals surface area (Å²) >= 11 is 0. The summed E-state index contributed by atoms with van der Waals surface area (Å²) in [7, 11) is 0. The fourth-order valence-electron chi connectivity index (χ4n) is 4.97. The summed E-state index contributed by atoms with van der Waals surface area (Å²) in [4.78, 5) is 33.2. The highest BCUT2D eigenvalue weighted by Gasteiger charge is 2.23. The monoisotopic (exact) mass is 454 g/mol. The molecule has 0 spiro atoms. The van der Waals surface area contributed by atoms with Crippen molar-refractivity contribution in [3.8, 4) is 11.4 Å². The molecule has 0 aliphatic rings. The Morgan fingerprint density at radius 2 is 1.09 bits per heavy atom. The largest absolute Gasteiger partial charge is 0.303 e. The molecule has 7 rings (SSSR count). The molecule has 166 valence electrons. The molecule has 4 aromatic carbocycles. The second-order valence-electron chi connectivity index (χ2n) is 8.43. The molecule has 6 nitrogen and oxygen atoms in total. The maximum absolute atomic E-state index is 14.3. The Bertz CT molecular complexity index is 2040. The van der Waals surface area contributed by atoms with Crippen LogP contribution in [-0.2, 0) is 0 Å². The standard InChI is InChI=1S/C29H18N4O2/c34-27-21-15-7-9-17-23(21)30-29-32(20-13-5-2-6-14-20)28(35)26-25(33(27)29)22-16-8-10-18-24(22)31(26)19-11-3-1-4-12-19/h1-18H. The van der Waals surface area contributed by atoms with Crippen molar-refractivity contribution in [2.24, 2.45) is 0 Å². The minimum absolute atomic E-state index is 0.212. The number of fused-ring (bicyclic) bond motifs is 6. The van der Waals surface area contributed by atoms with E-state index in [9.17, 15) is 9.59 Å². The average molecular weight is 454 g/mol. The highest BCUT2D eigenvalue weighted by Crippen LogP contribution is 2.31. The Balaban J connectivity index is 1.86. The van der Waals surface area contributed by atoms with Crippen LogP contribution in [0.5, 0.6) is 0 Å². The van der Waals surface area contributed by atoms with Gasteiger partial charge in [0.05, 0.1) is 27.6 Å². The predicted molar refractivity (Wildman–Crippen MR) is 139 cm³/mol. The zero-order valence-electron chi connectivity index (χ0n) is 18.5. The van der Waals surface area contributed by atoms with E-state index in [0.29, 0.717) is 27.6 Å². The van der Waals surface area contributed by atoms with E-state index < -0.39 is 0 Å². The summed E-state index contributed by atoms with van der Waals surface area (Å²) in [5.74, 6) is 0.286. The van der Waals surface area contributed by atoms with E-state index in [1.165, 1.54) is 4.57 Å².